The van der Waals surface area contributed by atoms with E-state index in [0.29, 0.717) is 0 Å². The third-order valence-corrected chi connectivity index (χ3v) is 9.05. The highest BCUT2D eigenvalue weighted by Gasteiger charge is 2.47. The van der Waals surface area contributed by atoms with Gasteiger partial charge < -0.3 is 13.7 Å². The summed E-state index contributed by atoms with van der Waals surface area (Å²) in [6.45, 7) is 15.2. The van der Waals surface area contributed by atoms with Gasteiger partial charge in [0.2, 0.25) is 0 Å². The Labute approximate surface area is 123 Å². The molecule has 19 heavy (non-hydrogen) atoms. The molecular formula is C13H28BO3PSi. The highest BCUT2D eigenvalue weighted by atomic mass is 31.1. The molecule has 6 heteroatoms. The van der Waals surface area contributed by atoms with Crippen molar-refractivity contribution < 1.29 is 15.1 Å². The topological polar surface area (TPSA) is 27.7 Å². The van der Waals surface area contributed by atoms with Gasteiger partial charge in [-0.2, -0.15) is 0 Å². The minimum absolute atomic E-state index is 0.111. The van der Waals surface area contributed by atoms with Gasteiger partial charge in [0.1, 0.15) is 14.0 Å². The van der Waals surface area contributed by atoms with Crippen molar-refractivity contribution in [1.82, 2.24) is 0 Å². The standard InChI is InChI=1S/C13H28BO3PSi/c1-9-10(16-18(5)6)11(12(14)15-9)17-19(7,8)13(2,3)4/h9-12H,1-8H3/t9-,10?,11+,12-/m1/s1/i1D. The average molecular weight is 303 g/mol. The van der Waals surface area contributed by atoms with Gasteiger partial charge in [-0.1, -0.05) is 20.8 Å². The van der Waals surface area contributed by atoms with Gasteiger partial charge in [0, 0.05) is 15.5 Å². The molecule has 1 saturated heterocycles. The second-order valence-corrected chi connectivity index (χ2v) is 13.5. The maximum absolute atomic E-state index is 7.61. The molecule has 4 atom stereocenters. The Balaban J connectivity index is 2.89. The van der Waals surface area contributed by atoms with Gasteiger partial charge in [0.25, 0.3) is 0 Å². The van der Waals surface area contributed by atoms with Crippen molar-refractivity contribution in [2.75, 3.05) is 13.3 Å². The van der Waals surface area contributed by atoms with Crippen molar-refractivity contribution in [1.29, 1.82) is 0 Å². The SMILES string of the molecule is [2H]C[C@H]1O[C@@H]([B])[C@@H](O[Si](C)(C)C(C)(C)C)C1OP(C)C. The highest BCUT2D eigenvalue weighted by molar-refractivity contribution is 7.50. The van der Waals surface area contributed by atoms with Gasteiger partial charge in [0.05, 0.1) is 12.2 Å². The fraction of sp³-hybridized carbons (Fsp3) is 1.00. The molecule has 0 aromatic rings. The Morgan fingerprint density at radius 2 is 1.84 bits per heavy atom. The van der Waals surface area contributed by atoms with Crippen molar-refractivity contribution in [3.63, 3.8) is 0 Å². The third-order valence-electron chi connectivity index (χ3n) is 3.92. The number of hydrogen-bond acceptors (Lipinski definition) is 3. The second kappa shape index (κ2) is 6.15. The van der Waals surface area contributed by atoms with Crippen LogP contribution < -0.4 is 0 Å². The maximum Gasteiger partial charge on any atom is 0.192 e. The van der Waals surface area contributed by atoms with E-state index >= 15 is 0 Å². The van der Waals surface area contributed by atoms with Crippen molar-refractivity contribution >= 4 is 24.3 Å². The molecule has 3 nitrogen and oxygen atoms in total. The summed E-state index contributed by atoms with van der Waals surface area (Å²) in [7, 11) is 3.60. The molecule has 0 aromatic heterocycles. The first-order valence-corrected chi connectivity index (χ1v) is 11.8. The van der Waals surface area contributed by atoms with E-state index in [4.69, 9.17) is 22.9 Å². The van der Waals surface area contributed by atoms with Crippen LogP contribution >= 0.6 is 8.15 Å². The smallest absolute Gasteiger partial charge is 0.192 e. The minimum atomic E-state index is -1.94. The maximum atomic E-state index is 7.61. The lowest BCUT2D eigenvalue weighted by atomic mass is 9.93. The zero-order valence-electron chi connectivity index (χ0n) is 14.3. The fourth-order valence-electron chi connectivity index (χ4n) is 1.78. The van der Waals surface area contributed by atoms with Crippen LogP contribution in [0.3, 0.4) is 0 Å². The lowest BCUT2D eigenvalue weighted by molar-refractivity contribution is 0.0594. The Kier molecular flexibility index (Phi) is 5.17. The molecule has 2 radical (unpaired) electrons. The Morgan fingerprint density at radius 1 is 1.26 bits per heavy atom. The quantitative estimate of drug-likeness (QED) is 0.589. The lowest BCUT2D eigenvalue weighted by Gasteiger charge is -2.40. The van der Waals surface area contributed by atoms with Crippen LogP contribution in [-0.2, 0) is 13.7 Å². The number of ether oxygens (including phenoxy) is 1. The Morgan fingerprint density at radius 3 is 2.26 bits per heavy atom. The van der Waals surface area contributed by atoms with Gasteiger partial charge >= 0.3 is 0 Å². The molecule has 0 bridgehead atoms. The number of rotatable bonds is 4. The summed E-state index contributed by atoms with van der Waals surface area (Å²) >= 11 is 0. The zero-order valence-corrected chi connectivity index (χ0v) is 15.2. The van der Waals surface area contributed by atoms with Crippen molar-refractivity contribution in [3.8, 4) is 0 Å². The summed E-state index contributed by atoms with van der Waals surface area (Å²) in [6, 6.07) is -0.501. The predicted molar refractivity (Wildman–Crippen MR) is 85.8 cm³/mol. The molecule has 0 aliphatic carbocycles. The van der Waals surface area contributed by atoms with Crippen LogP contribution in [0.5, 0.6) is 0 Å². The van der Waals surface area contributed by atoms with Gasteiger partial charge in [-0.15, -0.1) is 0 Å². The summed E-state index contributed by atoms with van der Waals surface area (Å²) in [5, 5.41) is 0.111. The fourth-order valence-corrected chi connectivity index (χ4v) is 3.82. The van der Waals surface area contributed by atoms with Crippen LogP contribution in [-0.4, -0.2) is 53.8 Å². The van der Waals surface area contributed by atoms with E-state index in [0.717, 1.165) is 0 Å². The van der Waals surface area contributed by atoms with Gasteiger partial charge in [-0.25, -0.2) is 0 Å². The molecule has 1 aliphatic heterocycles. The zero-order chi connectivity index (χ0) is 15.7. The molecule has 0 saturated carbocycles. The van der Waals surface area contributed by atoms with E-state index in [9.17, 15) is 0 Å². The average Bonchev–Trinajstić information content (AvgIpc) is 2.54. The number of hydrogen-bond donors (Lipinski definition) is 0. The second-order valence-electron chi connectivity index (χ2n) is 6.86. The molecule has 1 rings (SSSR count). The molecular weight excluding hydrogens is 274 g/mol. The van der Waals surface area contributed by atoms with Crippen molar-refractivity contribution in [2.45, 2.75) is 70.1 Å². The normalized spacial score (nSPS) is 33.8. The Bertz CT molecular complexity index is 325. The van der Waals surface area contributed by atoms with E-state index in [1.165, 1.54) is 0 Å². The summed E-state index contributed by atoms with van der Waals surface area (Å²) in [4.78, 5) is 0. The first-order chi connectivity index (χ1) is 8.99. The molecule has 0 amide bonds. The van der Waals surface area contributed by atoms with Crippen molar-refractivity contribution in [3.05, 3.63) is 0 Å². The first-order valence-electron chi connectivity index (χ1n) is 7.42. The van der Waals surface area contributed by atoms with E-state index < -0.39 is 22.5 Å². The minimum Gasteiger partial charge on any atom is -0.409 e. The lowest BCUT2D eigenvalue weighted by Crippen LogP contribution is -2.49. The predicted octanol–water partition coefficient (Wildman–Crippen LogP) is 3.33. The highest BCUT2D eigenvalue weighted by Crippen LogP contribution is 2.42. The summed E-state index contributed by atoms with van der Waals surface area (Å²) < 4.78 is 25.7. The molecule has 0 spiro atoms. The molecule has 110 valence electrons. The monoisotopic (exact) mass is 303 g/mol. The first kappa shape index (κ1) is 16.0. The summed E-state index contributed by atoms with van der Waals surface area (Å²) in [6.07, 6.45) is -0.779. The van der Waals surface area contributed by atoms with Gasteiger partial charge in [-0.3, -0.25) is 0 Å². The van der Waals surface area contributed by atoms with Crippen LogP contribution in [0.15, 0.2) is 0 Å². The molecule has 1 aliphatic rings. The van der Waals surface area contributed by atoms with E-state index in [-0.39, 0.29) is 30.2 Å². The summed E-state index contributed by atoms with van der Waals surface area (Å²) in [5.74, 6) is 0. The molecule has 0 aromatic carbocycles. The van der Waals surface area contributed by atoms with Gasteiger partial charge in [-0.05, 0) is 38.4 Å². The Hall–Kier alpha value is 0.592. The van der Waals surface area contributed by atoms with Crippen LogP contribution in [0.25, 0.3) is 0 Å². The molecule has 1 heterocycles. The van der Waals surface area contributed by atoms with Gasteiger partial charge in [0.15, 0.2) is 8.32 Å². The molecule has 1 fully saturated rings. The van der Waals surface area contributed by atoms with E-state index in [1.54, 1.807) is 0 Å². The summed E-state index contributed by atoms with van der Waals surface area (Å²) in [5.41, 5.74) is 0. The van der Waals surface area contributed by atoms with Crippen LogP contribution in [0.4, 0.5) is 0 Å². The molecule has 1 unspecified atom stereocenters. The van der Waals surface area contributed by atoms with Crippen LogP contribution in [0.1, 0.15) is 29.0 Å². The van der Waals surface area contributed by atoms with E-state index in [2.05, 4.69) is 33.9 Å². The molecule has 0 N–H and O–H groups in total. The largest absolute Gasteiger partial charge is 0.409 e. The van der Waals surface area contributed by atoms with Crippen LogP contribution in [0, 0.1) is 0 Å². The van der Waals surface area contributed by atoms with Crippen LogP contribution in [0.2, 0.25) is 18.1 Å². The van der Waals surface area contributed by atoms with E-state index in [1.807, 2.05) is 13.3 Å². The third kappa shape index (κ3) is 4.28. The van der Waals surface area contributed by atoms with Crippen molar-refractivity contribution in [2.24, 2.45) is 0 Å².